The van der Waals surface area contributed by atoms with E-state index < -0.39 is 6.17 Å². The third kappa shape index (κ3) is 4.55. The molecule has 0 spiro atoms. The molecule has 200 valence electrons. The number of rotatable bonds is 6. The molecule has 8 nitrogen and oxygen atoms in total. The van der Waals surface area contributed by atoms with Gasteiger partial charge in [0.1, 0.15) is 17.6 Å². The monoisotopic (exact) mass is 526 g/mol. The van der Waals surface area contributed by atoms with Crippen LogP contribution >= 0.6 is 0 Å². The van der Waals surface area contributed by atoms with E-state index in [2.05, 4.69) is 31.6 Å². The van der Waals surface area contributed by atoms with Crippen molar-refractivity contribution in [3.05, 3.63) is 77.2 Å². The molecule has 0 atom stereocenters. The van der Waals surface area contributed by atoms with Crippen molar-refractivity contribution in [2.75, 3.05) is 18.4 Å². The zero-order chi connectivity index (χ0) is 26.5. The maximum absolute atomic E-state index is 13.2. The van der Waals surface area contributed by atoms with Crippen molar-refractivity contribution in [2.45, 2.75) is 57.0 Å². The van der Waals surface area contributed by atoms with Gasteiger partial charge in [-0.3, -0.25) is 14.1 Å². The Kier molecular flexibility index (Phi) is 6.05. The van der Waals surface area contributed by atoms with Crippen molar-refractivity contribution in [2.24, 2.45) is 0 Å². The number of carbonyl (C=O) groups excluding carboxylic acids is 1. The lowest BCUT2D eigenvalue weighted by Gasteiger charge is -2.34. The number of nitrogens with one attached hydrogen (secondary N) is 2. The molecule has 0 radical (unpaired) electrons. The number of likely N-dealkylation sites (tertiary alicyclic amines) is 1. The molecule has 1 saturated heterocycles. The Morgan fingerprint density at radius 1 is 1.05 bits per heavy atom. The Balaban J connectivity index is 1.14. The second kappa shape index (κ2) is 9.73. The minimum atomic E-state index is -0.713. The summed E-state index contributed by atoms with van der Waals surface area (Å²) in [5.74, 6) is 1.01. The number of hydrogen-bond acceptors (Lipinski definition) is 6. The number of aliphatic hydroxyl groups excluding tert-OH is 1. The van der Waals surface area contributed by atoms with Crippen LogP contribution in [-0.2, 0) is 13.1 Å². The largest absolute Gasteiger partial charge is 0.393 e. The number of anilines is 2. The number of aliphatic hydroxyl groups is 1. The molecular formula is C30H31FN6O2. The zero-order valence-corrected chi connectivity index (χ0v) is 21.6. The Labute approximate surface area is 225 Å². The summed E-state index contributed by atoms with van der Waals surface area (Å²) in [6, 6.07) is 12.1. The second-order valence-corrected chi connectivity index (χ2v) is 11.0. The number of alkyl halides is 1. The van der Waals surface area contributed by atoms with Gasteiger partial charge in [0.15, 0.2) is 0 Å². The topological polar surface area (TPSA) is 94.8 Å². The molecule has 4 aromatic rings. The summed E-state index contributed by atoms with van der Waals surface area (Å²) in [6.45, 7) is 2.14. The van der Waals surface area contributed by atoms with Gasteiger partial charge in [-0.1, -0.05) is 12.1 Å². The fraction of sp³-hybridized carbons (Fsp3) is 0.367. The molecule has 2 fully saturated rings. The van der Waals surface area contributed by atoms with E-state index in [9.17, 15) is 14.3 Å². The molecule has 2 aliphatic heterocycles. The van der Waals surface area contributed by atoms with Gasteiger partial charge in [-0.05, 0) is 72.6 Å². The first-order valence-electron chi connectivity index (χ1n) is 13.7. The molecule has 0 bridgehead atoms. The summed E-state index contributed by atoms with van der Waals surface area (Å²) < 4.78 is 15.2. The third-order valence-corrected chi connectivity index (χ3v) is 8.36. The Hall–Kier alpha value is -3.82. The number of halogens is 1. The van der Waals surface area contributed by atoms with Crippen LogP contribution in [-0.4, -0.2) is 55.6 Å². The van der Waals surface area contributed by atoms with Crippen LogP contribution in [0.3, 0.4) is 0 Å². The predicted octanol–water partition coefficient (Wildman–Crippen LogP) is 4.56. The maximum atomic E-state index is 13.2. The first-order chi connectivity index (χ1) is 19.0. The Morgan fingerprint density at radius 3 is 2.67 bits per heavy atom. The molecule has 9 heteroatoms. The quantitative estimate of drug-likeness (QED) is 0.341. The number of carbonyl (C=O) groups is 1. The first-order valence-corrected chi connectivity index (χ1v) is 13.7. The summed E-state index contributed by atoms with van der Waals surface area (Å²) >= 11 is 0. The van der Waals surface area contributed by atoms with E-state index in [-0.39, 0.29) is 12.0 Å². The molecule has 1 amide bonds. The van der Waals surface area contributed by atoms with Crippen molar-refractivity contribution < 1.29 is 14.3 Å². The van der Waals surface area contributed by atoms with E-state index in [0.29, 0.717) is 43.5 Å². The van der Waals surface area contributed by atoms with Gasteiger partial charge in [0.25, 0.3) is 5.91 Å². The average Bonchev–Trinajstić information content (AvgIpc) is 3.53. The highest BCUT2D eigenvalue weighted by Crippen LogP contribution is 2.36. The van der Waals surface area contributed by atoms with E-state index in [1.54, 1.807) is 0 Å². The predicted molar refractivity (Wildman–Crippen MR) is 147 cm³/mol. The Morgan fingerprint density at radius 2 is 1.90 bits per heavy atom. The molecule has 3 N–H and O–H groups in total. The SMILES string of the molecule is O=C1NCc2c(-c3cnc4cc(CN5CC(F)C5)ccn34)ccc(Nc3ccc(C4CCC(O)CC4)cn3)c21. The number of imidazole rings is 1. The van der Waals surface area contributed by atoms with Gasteiger partial charge in [-0.15, -0.1) is 0 Å². The highest BCUT2D eigenvalue weighted by atomic mass is 19.1. The number of pyridine rings is 2. The van der Waals surface area contributed by atoms with Crippen molar-refractivity contribution in [1.29, 1.82) is 0 Å². The van der Waals surface area contributed by atoms with Gasteiger partial charge >= 0.3 is 0 Å². The fourth-order valence-corrected chi connectivity index (χ4v) is 6.17. The smallest absolute Gasteiger partial charge is 0.254 e. The number of fused-ring (bicyclic) bond motifs is 2. The van der Waals surface area contributed by atoms with Gasteiger partial charge in [-0.25, -0.2) is 14.4 Å². The van der Waals surface area contributed by atoms with Gasteiger partial charge in [0.2, 0.25) is 0 Å². The van der Waals surface area contributed by atoms with Crippen molar-refractivity contribution in [3.63, 3.8) is 0 Å². The van der Waals surface area contributed by atoms with E-state index in [0.717, 1.165) is 59.4 Å². The van der Waals surface area contributed by atoms with Crippen LogP contribution in [0, 0.1) is 0 Å². The average molecular weight is 527 g/mol. The lowest BCUT2D eigenvalue weighted by atomic mass is 9.83. The highest BCUT2D eigenvalue weighted by Gasteiger charge is 2.28. The number of aromatic nitrogens is 3. The van der Waals surface area contributed by atoms with E-state index in [1.165, 1.54) is 5.56 Å². The van der Waals surface area contributed by atoms with Crippen LogP contribution in [0.15, 0.2) is 55.0 Å². The molecule has 5 heterocycles. The molecule has 39 heavy (non-hydrogen) atoms. The molecule has 1 aromatic carbocycles. The molecule has 7 rings (SSSR count). The molecule has 1 aliphatic carbocycles. The lowest BCUT2D eigenvalue weighted by Crippen LogP contribution is -2.47. The molecule has 0 unspecified atom stereocenters. The van der Waals surface area contributed by atoms with E-state index in [1.807, 2.05) is 53.3 Å². The number of benzene rings is 1. The van der Waals surface area contributed by atoms with E-state index in [4.69, 9.17) is 0 Å². The van der Waals surface area contributed by atoms with E-state index >= 15 is 0 Å². The standard InChI is InChI=1S/C30H31FN6O2/c31-21-16-36(17-21)15-18-9-10-37-26(14-33-28(37)11-18)23-6-7-25(29-24(23)13-34-30(29)39)35-27-8-3-20(12-32-27)19-1-4-22(38)5-2-19/h3,6-12,14,19,21-22,38H,1-2,4-5,13,15-17H2,(H,32,35)(H,34,39). The zero-order valence-electron chi connectivity index (χ0n) is 21.6. The number of hydrogen-bond donors (Lipinski definition) is 3. The van der Waals surface area contributed by atoms with Crippen molar-refractivity contribution in [3.8, 4) is 11.3 Å². The third-order valence-electron chi connectivity index (χ3n) is 8.36. The molecule has 1 saturated carbocycles. The molecular weight excluding hydrogens is 495 g/mol. The van der Waals surface area contributed by atoms with Gasteiger partial charge < -0.3 is 15.7 Å². The fourth-order valence-electron chi connectivity index (χ4n) is 6.17. The van der Waals surface area contributed by atoms with Gasteiger partial charge in [-0.2, -0.15) is 0 Å². The van der Waals surface area contributed by atoms with Crippen LogP contribution in [0.1, 0.15) is 58.6 Å². The minimum Gasteiger partial charge on any atom is -0.393 e. The summed E-state index contributed by atoms with van der Waals surface area (Å²) in [5, 5.41) is 16.1. The highest BCUT2D eigenvalue weighted by molar-refractivity contribution is 6.06. The molecule has 3 aromatic heterocycles. The van der Waals surface area contributed by atoms with Gasteiger partial charge in [0, 0.05) is 44.1 Å². The summed E-state index contributed by atoms with van der Waals surface area (Å²) in [5.41, 5.74) is 7.29. The van der Waals surface area contributed by atoms with Crippen LogP contribution < -0.4 is 10.6 Å². The van der Waals surface area contributed by atoms with Crippen molar-refractivity contribution >= 4 is 23.1 Å². The van der Waals surface area contributed by atoms with Crippen molar-refractivity contribution in [1.82, 2.24) is 24.6 Å². The van der Waals surface area contributed by atoms with Crippen LogP contribution in [0.25, 0.3) is 16.9 Å². The molecule has 3 aliphatic rings. The normalized spacial score (nSPS) is 21.5. The summed E-state index contributed by atoms with van der Waals surface area (Å²) in [7, 11) is 0. The lowest BCUT2D eigenvalue weighted by molar-refractivity contribution is 0.0591. The second-order valence-electron chi connectivity index (χ2n) is 11.0. The Bertz CT molecular complexity index is 1540. The summed E-state index contributed by atoms with van der Waals surface area (Å²) in [6.07, 6.45) is 8.50. The van der Waals surface area contributed by atoms with Crippen LogP contribution in [0.4, 0.5) is 15.9 Å². The van der Waals surface area contributed by atoms with Crippen LogP contribution in [0.5, 0.6) is 0 Å². The number of amides is 1. The number of nitrogens with zero attached hydrogens (tertiary/aromatic N) is 4. The minimum absolute atomic E-state index is 0.108. The summed E-state index contributed by atoms with van der Waals surface area (Å²) in [4.78, 5) is 24.3. The van der Waals surface area contributed by atoms with Gasteiger partial charge in [0.05, 0.1) is 29.2 Å². The first kappa shape index (κ1) is 24.2. The maximum Gasteiger partial charge on any atom is 0.254 e. The van der Waals surface area contributed by atoms with Crippen LogP contribution in [0.2, 0.25) is 0 Å².